The number of benzene rings is 2. The predicted octanol–water partition coefficient (Wildman–Crippen LogP) is 4.53. The van der Waals surface area contributed by atoms with E-state index in [0.717, 1.165) is 22.2 Å². The highest BCUT2D eigenvalue weighted by atomic mass is 79.9. The molecule has 2 nitrogen and oxygen atoms in total. The van der Waals surface area contributed by atoms with Gasteiger partial charge in [-0.25, -0.2) is 0 Å². The highest BCUT2D eigenvalue weighted by molar-refractivity contribution is 9.10. The standard InChI is InChI=1S/C16H17BrO2/c1-11(2)19-14-6-3-12(4-7-14)9-13-5-8-16(18)15(17)10-13/h3-8,10-11,18H,9H2,1-2H3. The van der Waals surface area contributed by atoms with Crippen LogP contribution in [0.1, 0.15) is 25.0 Å². The number of halogens is 1. The third-order valence-electron chi connectivity index (χ3n) is 2.72. The Morgan fingerprint density at radius 1 is 1.05 bits per heavy atom. The van der Waals surface area contributed by atoms with Crippen molar-refractivity contribution in [3.8, 4) is 11.5 Å². The molecule has 0 unspecified atom stereocenters. The van der Waals surface area contributed by atoms with Gasteiger partial charge in [-0.15, -0.1) is 0 Å². The lowest BCUT2D eigenvalue weighted by Crippen LogP contribution is -2.05. The maximum Gasteiger partial charge on any atom is 0.129 e. The van der Waals surface area contributed by atoms with Crippen LogP contribution in [0.25, 0.3) is 0 Å². The molecule has 2 rings (SSSR count). The molecule has 0 saturated heterocycles. The summed E-state index contributed by atoms with van der Waals surface area (Å²) in [6, 6.07) is 13.7. The molecule has 0 aliphatic heterocycles. The first kappa shape index (κ1) is 13.9. The van der Waals surface area contributed by atoms with E-state index in [-0.39, 0.29) is 11.9 Å². The zero-order chi connectivity index (χ0) is 13.8. The molecule has 0 aliphatic rings. The Morgan fingerprint density at radius 2 is 1.68 bits per heavy atom. The molecule has 3 heteroatoms. The second-order valence-electron chi connectivity index (χ2n) is 4.77. The van der Waals surface area contributed by atoms with Crippen LogP contribution in [0, 0.1) is 0 Å². The third kappa shape index (κ3) is 4.00. The Kier molecular flexibility index (Phi) is 4.48. The van der Waals surface area contributed by atoms with E-state index in [4.69, 9.17) is 4.74 Å². The minimum absolute atomic E-state index is 0.193. The van der Waals surface area contributed by atoms with Crippen LogP contribution in [0.4, 0.5) is 0 Å². The first-order valence-electron chi connectivity index (χ1n) is 6.27. The summed E-state index contributed by atoms with van der Waals surface area (Å²) in [6.45, 7) is 4.03. The van der Waals surface area contributed by atoms with Crippen molar-refractivity contribution in [3.05, 3.63) is 58.1 Å². The lowest BCUT2D eigenvalue weighted by atomic mass is 10.0. The Morgan fingerprint density at radius 3 is 2.26 bits per heavy atom. The molecule has 0 atom stereocenters. The van der Waals surface area contributed by atoms with E-state index in [1.54, 1.807) is 6.07 Å². The van der Waals surface area contributed by atoms with Crippen molar-refractivity contribution >= 4 is 15.9 Å². The van der Waals surface area contributed by atoms with Gasteiger partial charge in [-0.3, -0.25) is 0 Å². The Labute approximate surface area is 122 Å². The number of aromatic hydroxyl groups is 1. The van der Waals surface area contributed by atoms with Crippen LogP contribution in [-0.4, -0.2) is 11.2 Å². The van der Waals surface area contributed by atoms with Crippen molar-refractivity contribution in [2.24, 2.45) is 0 Å². The van der Waals surface area contributed by atoms with E-state index in [1.165, 1.54) is 5.56 Å². The molecule has 0 heterocycles. The van der Waals surface area contributed by atoms with Gasteiger partial charge in [0.25, 0.3) is 0 Å². The summed E-state index contributed by atoms with van der Waals surface area (Å²) in [4.78, 5) is 0. The summed E-state index contributed by atoms with van der Waals surface area (Å²) in [7, 11) is 0. The fraction of sp³-hybridized carbons (Fsp3) is 0.250. The fourth-order valence-electron chi connectivity index (χ4n) is 1.85. The second kappa shape index (κ2) is 6.11. The van der Waals surface area contributed by atoms with Crippen LogP contribution >= 0.6 is 15.9 Å². The molecule has 0 amide bonds. The van der Waals surface area contributed by atoms with E-state index < -0.39 is 0 Å². The van der Waals surface area contributed by atoms with Gasteiger partial charge in [0.2, 0.25) is 0 Å². The Balaban J connectivity index is 2.08. The minimum atomic E-state index is 0.193. The lowest BCUT2D eigenvalue weighted by molar-refractivity contribution is 0.242. The first-order chi connectivity index (χ1) is 9.04. The summed E-state index contributed by atoms with van der Waals surface area (Å²) in [5.74, 6) is 1.16. The molecule has 0 aliphatic carbocycles. The zero-order valence-electron chi connectivity index (χ0n) is 11.1. The van der Waals surface area contributed by atoms with Crippen LogP contribution in [0.2, 0.25) is 0 Å². The fourth-order valence-corrected chi connectivity index (χ4v) is 2.28. The largest absolute Gasteiger partial charge is 0.507 e. The monoisotopic (exact) mass is 320 g/mol. The third-order valence-corrected chi connectivity index (χ3v) is 3.35. The zero-order valence-corrected chi connectivity index (χ0v) is 12.6. The summed E-state index contributed by atoms with van der Waals surface area (Å²) in [5.41, 5.74) is 2.37. The smallest absolute Gasteiger partial charge is 0.129 e. The summed E-state index contributed by atoms with van der Waals surface area (Å²) >= 11 is 3.33. The van der Waals surface area contributed by atoms with Crippen molar-refractivity contribution in [1.82, 2.24) is 0 Å². The van der Waals surface area contributed by atoms with E-state index in [1.807, 2.05) is 38.1 Å². The Bertz CT molecular complexity index is 547. The molecule has 0 radical (unpaired) electrons. The number of ether oxygens (including phenoxy) is 1. The summed E-state index contributed by atoms with van der Waals surface area (Å²) in [6.07, 6.45) is 1.03. The van der Waals surface area contributed by atoms with Crippen LogP contribution < -0.4 is 4.74 Å². The van der Waals surface area contributed by atoms with Crippen molar-refractivity contribution in [3.63, 3.8) is 0 Å². The van der Waals surface area contributed by atoms with Crippen LogP contribution in [0.3, 0.4) is 0 Å². The molecule has 19 heavy (non-hydrogen) atoms. The number of phenols is 1. The average molecular weight is 321 g/mol. The van der Waals surface area contributed by atoms with Gasteiger partial charge in [-0.05, 0) is 71.6 Å². The van der Waals surface area contributed by atoms with Crippen LogP contribution in [0.5, 0.6) is 11.5 Å². The van der Waals surface area contributed by atoms with Gasteiger partial charge in [0.15, 0.2) is 0 Å². The van der Waals surface area contributed by atoms with Gasteiger partial charge in [0, 0.05) is 0 Å². The van der Waals surface area contributed by atoms with Crippen molar-refractivity contribution in [1.29, 1.82) is 0 Å². The van der Waals surface area contributed by atoms with E-state index >= 15 is 0 Å². The molecular weight excluding hydrogens is 304 g/mol. The predicted molar refractivity (Wildman–Crippen MR) is 80.8 cm³/mol. The van der Waals surface area contributed by atoms with E-state index in [0.29, 0.717) is 0 Å². The first-order valence-corrected chi connectivity index (χ1v) is 7.07. The van der Waals surface area contributed by atoms with Gasteiger partial charge in [-0.1, -0.05) is 18.2 Å². The maximum absolute atomic E-state index is 9.47. The number of phenolic OH excluding ortho intramolecular Hbond substituents is 1. The highest BCUT2D eigenvalue weighted by Crippen LogP contribution is 2.25. The molecule has 2 aromatic carbocycles. The van der Waals surface area contributed by atoms with Crippen molar-refractivity contribution in [2.45, 2.75) is 26.4 Å². The van der Waals surface area contributed by atoms with Gasteiger partial charge < -0.3 is 9.84 Å². The van der Waals surface area contributed by atoms with Gasteiger partial charge in [0.1, 0.15) is 11.5 Å². The Hall–Kier alpha value is -1.48. The minimum Gasteiger partial charge on any atom is -0.507 e. The summed E-state index contributed by atoms with van der Waals surface area (Å²) < 4.78 is 6.34. The topological polar surface area (TPSA) is 29.5 Å². The van der Waals surface area contributed by atoms with Gasteiger partial charge in [-0.2, -0.15) is 0 Å². The quantitative estimate of drug-likeness (QED) is 0.896. The normalized spacial score (nSPS) is 10.7. The number of hydrogen-bond donors (Lipinski definition) is 1. The van der Waals surface area contributed by atoms with Gasteiger partial charge >= 0.3 is 0 Å². The number of hydrogen-bond acceptors (Lipinski definition) is 2. The molecule has 0 fully saturated rings. The molecule has 1 N–H and O–H groups in total. The van der Waals surface area contributed by atoms with Crippen LogP contribution in [0.15, 0.2) is 46.9 Å². The molecule has 0 spiro atoms. The van der Waals surface area contributed by atoms with Crippen LogP contribution in [-0.2, 0) is 6.42 Å². The van der Waals surface area contributed by atoms with Crippen molar-refractivity contribution in [2.75, 3.05) is 0 Å². The molecule has 0 bridgehead atoms. The molecular formula is C16H17BrO2. The molecule has 100 valence electrons. The number of rotatable bonds is 4. The van der Waals surface area contributed by atoms with Gasteiger partial charge in [0.05, 0.1) is 10.6 Å². The van der Waals surface area contributed by atoms with Crippen molar-refractivity contribution < 1.29 is 9.84 Å². The highest BCUT2D eigenvalue weighted by Gasteiger charge is 2.02. The average Bonchev–Trinajstić information content (AvgIpc) is 2.36. The van der Waals surface area contributed by atoms with E-state index in [9.17, 15) is 5.11 Å². The molecule has 2 aromatic rings. The second-order valence-corrected chi connectivity index (χ2v) is 5.63. The molecule has 0 saturated carbocycles. The lowest BCUT2D eigenvalue weighted by Gasteiger charge is -2.10. The molecule has 0 aromatic heterocycles. The van der Waals surface area contributed by atoms with E-state index in [2.05, 4.69) is 28.1 Å². The summed E-state index contributed by atoms with van der Waals surface area (Å²) in [5, 5.41) is 9.47. The SMILES string of the molecule is CC(C)Oc1ccc(Cc2ccc(O)c(Br)c2)cc1. The maximum atomic E-state index is 9.47.